The first-order chi connectivity index (χ1) is 9.01. The molecule has 1 N–H and O–H groups in total. The molecule has 0 aromatic carbocycles. The zero-order valence-corrected chi connectivity index (χ0v) is 13.8. The molecule has 0 aliphatic heterocycles. The third-order valence-corrected chi connectivity index (χ3v) is 2.66. The molecule has 0 heterocycles. The minimum atomic E-state index is -0.503. The van der Waals surface area contributed by atoms with E-state index in [1.165, 1.54) is 0 Å². The van der Waals surface area contributed by atoms with Gasteiger partial charge in [-0.2, -0.15) is 0 Å². The fourth-order valence-corrected chi connectivity index (χ4v) is 1.71. The molecule has 0 saturated carbocycles. The van der Waals surface area contributed by atoms with Crippen molar-refractivity contribution in [1.29, 1.82) is 0 Å². The van der Waals surface area contributed by atoms with Crippen LogP contribution in [-0.4, -0.2) is 23.5 Å². The van der Waals surface area contributed by atoms with Crippen LogP contribution in [0, 0.1) is 11.8 Å². The number of hydrogen-bond acceptors (Lipinski definition) is 3. The Balaban J connectivity index is 4.55. The molecule has 1 unspecified atom stereocenters. The Labute approximate surface area is 123 Å². The smallest absolute Gasteiger partial charge is 0.408 e. The molecule has 4 nitrogen and oxygen atoms in total. The number of carbonyl (C=O) groups excluding carboxylic acids is 2. The maximum Gasteiger partial charge on any atom is 0.408 e. The molecular formula is C16H29NO3. The Morgan fingerprint density at radius 3 is 2.10 bits per heavy atom. The van der Waals surface area contributed by atoms with Crippen molar-refractivity contribution in [3.05, 3.63) is 12.2 Å². The molecule has 2 atom stereocenters. The normalized spacial score (nSPS) is 15.2. The molecule has 0 aromatic rings. The second-order valence-corrected chi connectivity index (χ2v) is 6.68. The maximum atomic E-state index is 11.8. The number of carbonyl (C=O) groups is 2. The minimum absolute atomic E-state index is 0.0979. The third-order valence-electron chi connectivity index (χ3n) is 2.66. The van der Waals surface area contributed by atoms with Crippen LogP contribution in [0.1, 0.15) is 54.9 Å². The summed E-state index contributed by atoms with van der Waals surface area (Å²) in [4.78, 5) is 22.8. The summed E-state index contributed by atoms with van der Waals surface area (Å²) in [5.41, 5.74) is -0.503. The quantitative estimate of drug-likeness (QED) is 0.756. The molecule has 0 aliphatic carbocycles. The van der Waals surface area contributed by atoms with Gasteiger partial charge >= 0.3 is 6.09 Å². The Morgan fingerprint density at radius 1 is 1.15 bits per heavy atom. The van der Waals surface area contributed by atoms with Gasteiger partial charge in [-0.15, -0.1) is 0 Å². The molecular weight excluding hydrogens is 254 g/mol. The number of ether oxygens (including phenoxy) is 1. The number of nitrogens with one attached hydrogen (secondary N) is 1. The van der Waals surface area contributed by atoms with Gasteiger partial charge < -0.3 is 14.8 Å². The van der Waals surface area contributed by atoms with Gasteiger partial charge in [-0.3, -0.25) is 0 Å². The van der Waals surface area contributed by atoms with Crippen molar-refractivity contribution in [2.75, 3.05) is 0 Å². The van der Waals surface area contributed by atoms with Gasteiger partial charge in [-0.05, 0) is 39.5 Å². The first-order valence-electron chi connectivity index (χ1n) is 7.18. The van der Waals surface area contributed by atoms with Crippen LogP contribution in [0.4, 0.5) is 4.79 Å². The monoisotopic (exact) mass is 283 g/mol. The molecule has 0 aromatic heterocycles. The Hall–Kier alpha value is -1.32. The van der Waals surface area contributed by atoms with E-state index in [4.69, 9.17) is 4.74 Å². The molecule has 1 amide bonds. The fraction of sp³-hybridized carbons (Fsp3) is 0.750. The molecule has 0 rings (SSSR count). The predicted molar refractivity (Wildman–Crippen MR) is 81.6 cm³/mol. The second-order valence-electron chi connectivity index (χ2n) is 6.68. The van der Waals surface area contributed by atoms with Gasteiger partial charge in [0.1, 0.15) is 11.4 Å². The predicted octanol–water partition coefficient (Wildman–Crippen LogP) is 3.71. The van der Waals surface area contributed by atoms with Crippen LogP contribution in [0.25, 0.3) is 0 Å². The number of allylic oxidation sites excluding steroid dienone is 1. The van der Waals surface area contributed by atoms with Crippen LogP contribution in [0.3, 0.4) is 0 Å². The molecule has 0 radical (unpaired) electrons. The zero-order valence-electron chi connectivity index (χ0n) is 13.8. The van der Waals surface area contributed by atoms with E-state index >= 15 is 0 Å². The van der Waals surface area contributed by atoms with Gasteiger partial charge in [0.05, 0.1) is 6.04 Å². The molecule has 0 saturated heterocycles. The van der Waals surface area contributed by atoms with E-state index in [1.807, 2.05) is 53.7 Å². The number of hydrogen-bond donors (Lipinski definition) is 1. The molecule has 20 heavy (non-hydrogen) atoms. The Morgan fingerprint density at radius 2 is 1.70 bits per heavy atom. The van der Waals surface area contributed by atoms with E-state index in [2.05, 4.69) is 5.32 Å². The number of rotatable bonds is 6. The van der Waals surface area contributed by atoms with Gasteiger partial charge in [-0.25, -0.2) is 4.79 Å². The number of Topliss-reactive ketones (excluding diaryl/α,β-unsaturated/α-hetero) is 1. The summed E-state index contributed by atoms with van der Waals surface area (Å²) in [5.74, 6) is 0.598. The van der Waals surface area contributed by atoms with E-state index in [0.29, 0.717) is 6.42 Å². The van der Waals surface area contributed by atoms with Crippen LogP contribution in [0.15, 0.2) is 12.2 Å². The van der Waals surface area contributed by atoms with Gasteiger partial charge in [0.2, 0.25) is 0 Å². The van der Waals surface area contributed by atoms with E-state index in [1.54, 1.807) is 6.92 Å². The lowest BCUT2D eigenvalue weighted by molar-refractivity contribution is -0.117. The van der Waals surface area contributed by atoms with E-state index in [9.17, 15) is 9.59 Å². The zero-order chi connectivity index (χ0) is 15.9. The highest BCUT2D eigenvalue weighted by atomic mass is 16.6. The molecule has 4 heteroatoms. The first kappa shape index (κ1) is 18.7. The van der Waals surface area contributed by atoms with Crippen LogP contribution in [0.2, 0.25) is 0 Å². The average molecular weight is 283 g/mol. The largest absolute Gasteiger partial charge is 0.444 e. The van der Waals surface area contributed by atoms with Crippen LogP contribution in [-0.2, 0) is 9.53 Å². The van der Waals surface area contributed by atoms with Crippen LogP contribution < -0.4 is 5.32 Å². The topological polar surface area (TPSA) is 55.4 Å². The Bertz CT molecular complexity index is 353. The standard InChI is InChI=1S/C16H29NO3/c1-11(2)14(9-8-12(3)10-13(4)18)17-15(19)20-16(5,6)7/h8-9,11-12,14H,10H2,1-7H3,(H,17,19)/b9-8+/t12?,14-/m1/s1. The van der Waals surface area contributed by atoms with Gasteiger partial charge in [-0.1, -0.05) is 32.9 Å². The van der Waals surface area contributed by atoms with Gasteiger partial charge in [0.25, 0.3) is 0 Å². The highest BCUT2D eigenvalue weighted by Crippen LogP contribution is 2.11. The lowest BCUT2D eigenvalue weighted by atomic mass is 9.99. The molecule has 0 spiro atoms. The van der Waals surface area contributed by atoms with Gasteiger partial charge in [0.15, 0.2) is 0 Å². The van der Waals surface area contributed by atoms with Crippen LogP contribution in [0.5, 0.6) is 0 Å². The third kappa shape index (κ3) is 9.59. The highest BCUT2D eigenvalue weighted by Gasteiger charge is 2.20. The maximum absolute atomic E-state index is 11.8. The summed E-state index contributed by atoms with van der Waals surface area (Å²) in [6.07, 6.45) is 4.03. The van der Waals surface area contributed by atoms with E-state index < -0.39 is 11.7 Å². The number of alkyl carbamates (subject to hydrolysis) is 1. The minimum Gasteiger partial charge on any atom is -0.444 e. The fourth-order valence-electron chi connectivity index (χ4n) is 1.71. The van der Waals surface area contributed by atoms with E-state index in [0.717, 1.165) is 0 Å². The molecule has 0 bridgehead atoms. The average Bonchev–Trinajstić information content (AvgIpc) is 2.19. The van der Waals surface area contributed by atoms with Crippen molar-refractivity contribution in [1.82, 2.24) is 5.32 Å². The van der Waals surface area contributed by atoms with Crippen LogP contribution >= 0.6 is 0 Å². The van der Waals surface area contributed by atoms with Crippen molar-refractivity contribution >= 4 is 11.9 Å². The summed E-state index contributed by atoms with van der Waals surface area (Å²) in [5, 5.41) is 2.85. The van der Waals surface area contributed by atoms with Crippen molar-refractivity contribution in [2.24, 2.45) is 11.8 Å². The molecule has 0 fully saturated rings. The van der Waals surface area contributed by atoms with Crippen molar-refractivity contribution < 1.29 is 14.3 Å². The van der Waals surface area contributed by atoms with Crippen molar-refractivity contribution in [2.45, 2.75) is 66.5 Å². The highest BCUT2D eigenvalue weighted by molar-refractivity contribution is 5.75. The van der Waals surface area contributed by atoms with E-state index in [-0.39, 0.29) is 23.7 Å². The second kappa shape index (κ2) is 8.08. The lowest BCUT2D eigenvalue weighted by Gasteiger charge is -2.24. The van der Waals surface area contributed by atoms with Crippen molar-refractivity contribution in [3.8, 4) is 0 Å². The van der Waals surface area contributed by atoms with Crippen molar-refractivity contribution in [3.63, 3.8) is 0 Å². The number of ketones is 1. The Kier molecular flexibility index (Phi) is 7.54. The lowest BCUT2D eigenvalue weighted by Crippen LogP contribution is -2.40. The number of amides is 1. The summed E-state index contributed by atoms with van der Waals surface area (Å²) in [6, 6.07) is -0.0979. The summed E-state index contributed by atoms with van der Waals surface area (Å²) >= 11 is 0. The summed E-state index contributed by atoms with van der Waals surface area (Å²) in [7, 11) is 0. The first-order valence-corrected chi connectivity index (χ1v) is 7.18. The van der Waals surface area contributed by atoms with Gasteiger partial charge in [0, 0.05) is 6.42 Å². The summed E-state index contributed by atoms with van der Waals surface area (Å²) < 4.78 is 5.25. The summed E-state index contributed by atoms with van der Waals surface area (Å²) in [6.45, 7) is 13.1. The SMILES string of the molecule is CC(=O)CC(C)/C=C/[C@@H](NC(=O)OC(C)(C)C)C(C)C. The molecule has 0 aliphatic rings. The molecule has 116 valence electrons.